The summed E-state index contributed by atoms with van der Waals surface area (Å²) in [6.45, 7) is 4.70. The van der Waals surface area contributed by atoms with Gasteiger partial charge in [0.05, 0.1) is 11.5 Å². The smallest absolute Gasteiger partial charge is 0.238 e. The van der Waals surface area contributed by atoms with Crippen LogP contribution < -0.4 is 9.88 Å². The van der Waals surface area contributed by atoms with Gasteiger partial charge in [0.25, 0.3) is 0 Å². The Labute approximate surface area is 108 Å². The Morgan fingerprint density at radius 2 is 1.83 bits per heavy atom. The summed E-state index contributed by atoms with van der Waals surface area (Å²) in [6.07, 6.45) is 0.784. The van der Waals surface area contributed by atoms with E-state index in [2.05, 4.69) is 0 Å². The van der Waals surface area contributed by atoms with Crippen molar-refractivity contribution in [2.75, 3.05) is 20.3 Å². The zero-order valence-electron chi connectivity index (χ0n) is 10.9. The minimum absolute atomic E-state index is 0.143. The highest BCUT2D eigenvalue weighted by Gasteiger charge is 2.15. The second kappa shape index (κ2) is 6.17. The van der Waals surface area contributed by atoms with Gasteiger partial charge in [0.1, 0.15) is 5.75 Å². The molecule has 0 heterocycles. The molecule has 0 aliphatic carbocycles. The molecule has 0 atom stereocenters. The maximum Gasteiger partial charge on any atom is 0.238 e. The van der Waals surface area contributed by atoms with Crippen LogP contribution in [0.15, 0.2) is 17.0 Å². The van der Waals surface area contributed by atoms with Gasteiger partial charge in [-0.25, -0.2) is 13.6 Å². The van der Waals surface area contributed by atoms with Crippen LogP contribution in [0, 0.1) is 13.8 Å². The molecule has 0 aromatic heterocycles. The standard InChI is InChI=1S/C12H19NO4S/c1-9-10(2)12(18(13,14)15)6-5-11(9)17-8-4-7-16-3/h5-6H,4,7-8H2,1-3H3,(H2,13,14,15). The van der Waals surface area contributed by atoms with Crippen molar-refractivity contribution in [1.82, 2.24) is 0 Å². The van der Waals surface area contributed by atoms with Crippen molar-refractivity contribution in [3.8, 4) is 5.75 Å². The van der Waals surface area contributed by atoms with Gasteiger partial charge in [-0.15, -0.1) is 0 Å². The molecular formula is C12H19NO4S. The average Bonchev–Trinajstić information content (AvgIpc) is 2.28. The number of rotatable bonds is 6. The Kier molecular flexibility index (Phi) is 5.13. The van der Waals surface area contributed by atoms with E-state index in [0.717, 1.165) is 12.0 Å². The third-order valence-corrected chi connectivity index (χ3v) is 3.80. The van der Waals surface area contributed by atoms with Gasteiger partial charge in [0.15, 0.2) is 0 Å². The highest BCUT2D eigenvalue weighted by molar-refractivity contribution is 7.89. The maximum atomic E-state index is 11.3. The van der Waals surface area contributed by atoms with E-state index in [1.54, 1.807) is 20.1 Å². The number of primary sulfonamides is 1. The lowest BCUT2D eigenvalue weighted by atomic mass is 10.1. The molecule has 0 fully saturated rings. The molecule has 0 saturated heterocycles. The van der Waals surface area contributed by atoms with Gasteiger partial charge in [-0.2, -0.15) is 0 Å². The van der Waals surface area contributed by atoms with Crippen molar-refractivity contribution >= 4 is 10.0 Å². The number of nitrogens with two attached hydrogens (primary N) is 1. The van der Waals surface area contributed by atoms with Gasteiger partial charge in [-0.3, -0.25) is 0 Å². The molecule has 0 aliphatic heterocycles. The van der Waals surface area contributed by atoms with Crippen molar-refractivity contribution in [1.29, 1.82) is 0 Å². The first-order chi connectivity index (χ1) is 8.38. The third-order valence-electron chi connectivity index (χ3n) is 2.74. The number of ether oxygens (including phenoxy) is 2. The van der Waals surface area contributed by atoms with Gasteiger partial charge in [0.2, 0.25) is 10.0 Å². The lowest BCUT2D eigenvalue weighted by molar-refractivity contribution is 0.172. The van der Waals surface area contributed by atoms with E-state index in [1.807, 2.05) is 6.92 Å². The number of benzene rings is 1. The summed E-state index contributed by atoms with van der Waals surface area (Å²) in [6, 6.07) is 3.11. The van der Waals surface area contributed by atoms with Crippen molar-refractivity contribution in [3.63, 3.8) is 0 Å². The lowest BCUT2D eigenvalue weighted by Gasteiger charge is -2.13. The van der Waals surface area contributed by atoms with Crippen LogP contribution in [0.25, 0.3) is 0 Å². The Morgan fingerprint density at radius 1 is 1.17 bits per heavy atom. The fourth-order valence-corrected chi connectivity index (χ4v) is 2.46. The molecule has 5 nitrogen and oxygen atoms in total. The largest absolute Gasteiger partial charge is 0.493 e. The quantitative estimate of drug-likeness (QED) is 0.794. The molecule has 0 aliphatic rings. The van der Waals surface area contributed by atoms with Crippen molar-refractivity contribution < 1.29 is 17.9 Å². The van der Waals surface area contributed by atoms with Gasteiger partial charge in [0, 0.05) is 20.1 Å². The zero-order chi connectivity index (χ0) is 13.8. The fourth-order valence-electron chi connectivity index (χ4n) is 1.62. The van der Waals surface area contributed by atoms with Crippen LogP contribution in [0.1, 0.15) is 17.5 Å². The number of hydrogen-bond donors (Lipinski definition) is 1. The second-order valence-corrected chi connectivity index (χ2v) is 5.58. The molecular weight excluding hydrogens is 254 g/mol. The molecule has 18 heavy (non-hydrogen) atoms. The molecule has 0 bridgehead atoms. The SMILES string of the molecule is COCCCOc1ccc(S(N)(=O)=O)c(C)c1C. The van der Waals surface area contributed by atoms with Crippen LogP contribution in [0.2, 0.25) is 0 Å². The molecule has 102 valence electrons. The van der Waals surface area contributed by atoms with Crippen LogP contribution in [0.3, 0.4) is 0 Å². The summed E-state index contributed by atoms with van der Waals surface area (Å²) in [5.74, 6) is 0.677. The van der Waals surface area contributed by atoms with E-state index in [0.29, 0.717) is 24.5 Å². The predicted molar refractivity (Wildman–Crippen MR) is 69.3 cm³/mol. The van der Waals surface area contributed by atoms with E-state index in [4.69, 9.17) is 14.6 Å². The Balaban J connectivity index is 2.88. The summed E-state index contributed by atoms with van der Waals surface area (Å²) >= 11 is 0. The molecule has 1 rings (SSSR count). The van der Waals surface area contributed by atoms with Gasteiger partial charge < -0.3 is 9.47 Å². The number of hydrogen-bond acceptors (Lipinski definition) is 4. The van der Waals surface area contributed by atoms with E-state index < -0.39 is 10.0 Å². The molecule has 0 spiro atoms. The highest BCUT2D eigenvalue weighted by atomic mass is 32.2. The minimum Gasteiger partial charge on any atom is -0.493 e. The summed E-state index contributed by atoms with van der Waals surface area (Å²) in [5, 5.41) is 5.13. The molecule has 1 aromatic rings. The molecule has 2 N–H and O–H groups in total. The Bertz CT molecular complexity index is 511. The van der Waals surface area contributed by atoms with Crippen LogP contribution in [-0.4, -0.2) is 28.7 Å². The summed E-state index contributed by atoms with van der Waals surface area (Å²) < 4.78 is 33.2. The first-order valence-electron chi connectivity index (χ1n) is 5.62. The zero-order valence-corrected chi connectivity index (χ0v) is 11.7. The fraction of sp³-hybridized carbons (Fsp3) is 0.500. The first kappa shape index (κ1) is 14.9. The third kappa shape index (κ3) is 3.69. The normalized spacial score (nSPS) is 11.6. The van der Waals surface area contributed by atoms with Crippen molar-refractivity contribution in [2.24, 2.45) is 5.14 Å². The van der Waals surface area contributed by atoms with Gasteiger partial charge in [-0.05, 0) is 37.1 Å². The van der Waals surface area contributed by atoms with Crippen molar-refractivity contribution in [2.45, 2.75) is 25.2 Å². The van der Waals surface area contributed by atoms with Crippen molar-refractivity contribution in [3.05, 3.63) is 23.3 Å². The van der Waals surface area contributed by atoms with Crippen LogP contribution in [0.4, 0.5) is 0 Å². The minimum atomic E-state index is -3.68. The molecule has 0 amide bonds. The molecule has 6 heteroatoms. The molecule has 1 aromatic carbocycles. The van der Waals surface area contributed by atoms with E-state index in [9.17, 15) is 8.42 Å². The topological polar surface area (TPSA) is 78.6 Å². The summed E-state index contributed by atoms with van der Waals surface area (Å²) in [4.78, 5) is 0.143. The average molecular weight is 273 g/mol. The Morgan fingerprint density at radius 3 is 2.39 bits per heavy atom. The predicted octanol–water partition coefficient (Wildman–Crippen LogP) is 1.37. The summed E-state index contributed by atoms with van der Waals surface area (Å²) in [5.41, 5.74) is 1.42. The number of sulfonamides is 1. The van der Waals surface area contributed by atoms with Gasteiger partial charge in [-0.1, -0.05) is 0 Å². The maximum absolute atomic E-state index is 11.3. The number of methoxy groups -OCH3 is 1. The molecule has 0 unspecified atom stereocenters. The monoisotopic (exact) mass is 273 g/mol. The summed E-state index contributed by atoms with van der Waals surface area (Å²) in [7, 11) is -2.04. The molecule has 0 radical (unpaired) electrons. The van der Waals surface area contributed by atoms with Crippen LogP contribution >= 0.6 is 0 Å². The lowest BCUT2D eigenvalue weighted by Crippen LogP contribution is -2.14. The van der Waals surface area contributed by atoms with Crippen LogP contribution in [-0.2, 0) is 14.8 Å². The van der Waals surface area contributed by atoms with Gasteiger partial charge >= 0.3 is 0 Å². The van der Waals surface area contributed by atoms with E-state index in [-0.39, 0.29) is 4.90 Å². The van der Waals surface area contributed by atoms with E-state index >= 15 is 0 Å². The Hall–Kier alpha value is -1.11. The van der Waals surface area contributed by atoms with E-state index in [1.165, 1.54) is 6.07 Å². The van der Waals surface area contributed by atoms with Crippen LogP contribution in [0.5, 0.6) is 5.75 Å². The first-order valence-corrected chi connectivity index (χ1v) is 7.17. The molecule has 0 saturated carbocycles. The second-order valence-electron chi connectivity index (χ2n) is 4.05. The highest BCUT2D eigenvalue weighted by Crippen LogP contribution is 2.26.